The Morgan fingerprint density at radius 3 is 2.69 bits per heavy atom. The molecular formula is C22H27N5O2. The molecule has 3 aromatic heterocycles. The minimum absolute atomic E-state index is 0.0958. The molecule has 1 aliphatic rings. The molecule has 0 atom stereocenters. The number of amides is 1. The second kappa shape index (κ2) is 9.07. The quantitative estimate of drug-likeness (QED) is 0.666. The van der Waals surface area contributed by atoms with Crippen LogP contribution < -0.4 is 10.2 Å². The van der Waals surface area contributed by atoms with E-state index < -0.39 is 0 Å². The van der Waals surface area contributed by atoms with Gasteiger partial charge in [0.05, 0.1) is 24.4 Å². The third-order valence-corrected chi connectivity index (χ3v) is 5.36. The van der Waals surface area contributed by atoms with Crippen LogP contribution in [0.2, 0.25) is 0 Å². The molecule has 0 radical (unpaired) electrons. The molecular weight excluding hydrogens is 366 g/mol. The molecule has 0 bridgehead atoms. The van der Waals surface area contributed by atoms with Gasteiger partial charge in [0, 0.05) is 57.7 Å². The topological polar surface area (TPSA) is 62.1 Å². The fourth-order valence-electron chi connectivity index (χ4n) is 3.68. The molecule has 0 unspecified atom stereocenters. The van der Waals surface area contributed by atoms with E-state index in [1.807, 2.05) is 36.5 Å². The van der Waals surface area contributed by atoms with Crippen LogP contribution in [0.1, 0.15) is 16.1 Å². The molecule has 7 heteroatoms. The molecule has 152 valence electrons. The highest BCUT2D eigenvalue weighted by Gasteiger charge is 2.19. The highest BCUT2D eigenvalue weighted by Crippen LogP contribution is 2.22. The zero-order valence-electron chi connectivity index (χ0n) is 16.8. The number of ether oxygens (including phenoxy) is 1. The minimum atomic E-state index is -0.0958. The number of hydrogen-bond acceptors (Lipinski definition) is 5. The van der Waals surface area contributed by atoms with Gasteiger partial charge in [0.15, 0.2) is 0 Å². The van der Waals surface area contributed by atoms with Gasteiger partial charge >= 0.3 is 0 Å². The van der Waals surface area contributed by atoms with Crippen LogP contribution in [0.3, 0.4) is 0 Å². The molecule has 1 aliphatic heterocycles. The van der Waals surface area contributed by atoms with Crippen LogP contribution in [0.5, 0.6) is 0 Å². The first kappa shape index (κ1) is 19.4. The Morgan fingerprint density at radius 2 is 1.93 bits per heavy atom. The van der Waals surface area contributed by atoms with E-state index in [0.717, 1.165) is 56.4 Å². The number of fused-ring (bicyclic) bond motifs is 1. The molecule has 0 aliphatic carbocycles. The van der Waals surface area contributed by atoms with Crippen LogP contribution in [0, 0.1) is 0 Å². The van der Waals surface area contributed by atoms with Crippen molar-refractivity contribution in [2.24, 2.45) is 0 Å². The van der Waals surface area contributed by atoms with Crippen molar-refractivity contribution in [1.82, 2.24) is 19.6 Å². The SMILES string of the molecule is COCCN1CCN(c2ccc3ccc(C(=O)NCc4ccccn4)cn23)CC1. The van der Waals surface area contributed by atoms with E-state index in [0.29, 0.717) is 12.1 Å². The van der Waals surface area contributed by atoms with Gasteiger partial charge in [-0.1, -0.05) is 6.07 Å². The van der Waals surface area contributed by atoms with Gasteiger partial charge in [0.2, 0.25) is 0 Å². The summed E-state index contributed by atoms with van der Waals surface area (Å²) in [5.74, 6) is 1.03. The fraction of sp³-hybridized carbons (Fsp3) is 0.364. The van der Waals surface area contributed by atoms with Crippen LogP contribution in [0.15, 0.2) is 54.9 Å². The van der Waals surface area contributed by atoms with Gasteiger partial charge in [-0.3, -0.25) is 14.7 Å². The predicted octanol–water partition coefficient (Wildman–Crippen LogP) is 2.03. The predicted molar refractivity (Wildman–Crippen MR) is 113 cm³/mol. The number of nitrogens with zero attached hydrogens (tertiary/aromatic N) is 4. The van der Waals surface area contributed by atoms with Gasteiger partial charge in [-0.2, -0.15) is 0 Å². The lowest BCUT2D eigenvalue weighted by Gasteiger charge is -2.35. The maximum atomic E-state index is 12.6. The molecule has 29 heavy (non-hydrogen) atoms. The van der Waals surface area contributed by atoms with Crippen LogP contribution in [0.4, 0.5) is 5.82 Å². The van der Waals surface area contributed by atoms with E-state index in [1.165, 1.54) is 0 Å². The highest BCUT2D eigenvalue weighted by molar-refractivity contribution is 5.94. The summed E-state index contributed by atoms with van der Waals surface area (Å²) in [5, 5.41) is 2.95. The Bertz CT molecular complexity index is 948. The average molecular weight is 393 g/mol. The van der Waals surface area contributed by atoms with E-state index in [4.69, 9.17) is 4.74 Å². The van der Waals surface area contributed by atoms with Crippen molar-refractivity contribution in [1.29, 1.82) is 0 Å². The summed E-state index contributed by atoms with van der Waals surface area (Å²) in [4.78, 5) is 21.7. The lowest BCUT2D eigenvalue weighted by molar-refractivity contribution is 0.0950. The van der Waals surface area contributed by atoms with E-state index >= 15 is 0 Å². The minimum Gasteiger partial charge on any atom is -0.383 e. The normalized spacial score (nSPS) is 15.0. The zero-order chi connectivity index (χ0) is 20.1. The number of carbonyl (C=O) groups is 1. The molecule has 1 fully saturated rings. The van der Waals surface area contributed by atoms with Crippen LogP contribution in [0.25, 0.3) is 5.52 Å². The molecule has 3 aromatic rings. The van der Waals surface area contributed by atoms with E-state index in [1.54, 1.807) is 13.3 Å². The Hall–Kier alpha value is -2.90. The number of rotatable bonds is 7. The molecule has 0 aromatic carbocycles. The molecule has 0 spiro atoms. The summed E-state index contributed by atoms with van der Waals surface area (Å²) < 4.78 is 7.30. The number of nitrogens with one attached hydrogen (secondary N) is 1. The maximum absolute atomic E-state index is 12.6. The van der Waals surface area contributed by atoms with Gasteiger partial charge < -0.3 is 19.4 Å². The Labute approximate surface area is 170 Å². The smallest absolute Gasteiger partial charge is 0.253 e. The summed E-state index contributed by atoms with van der Waals surface area (Å²) >= 11 is 0. The number of aromatic nitrogens is 2. The van der Waals surface area contributed by atoms with Crippen molar-refractivity contribution < 1.29 is 9.53 Å². The van der Waals surface area contributed by atoms with Gasteiger partial charge in [0.1, 0.15) is 5.82 Å². The maximum Gasteiger partial charge on any atom is 0.253 e. The van der Waals surface area contributed by atoms with Crippen molar-refractivity contribution in [3.63, 3.8) is 0 Å². The van der Waals surface area contributed by atoms with Crippen LogP contribution in [-0.2, 0) is 11.3 Å². The van der Waals surface area contributed by atoms with Crippen molar-refractivity contribution in [3.05, 3.63) is 66.1 Å². The third-order valence-electron chi connectivity index (χ3n) is 5.36. The first-order valence-corrected chi connectivity index (χ1v) is 10.00. The van der Waals surface area contributed by atoms with Gasteiger partial charge in [0.25, 0.3) is 5.91 Å². The lowest BCUT2D eigenvalue weighted by atomic mass is 10.2. The Morgan fingerprint density at radius 1 is 1.10 bits per heavy atom. The largest absolute Gasteiger partial charge is 0.383 e. The summed E-state index contributed by atoms with van der Waals surface area (Å²) in [7, 11) is 1.74. The molecule has 1 amide bonds. The van der Waals surface area contributed by atoms with Crippen LogP contribution in [-0.4, -0.2) is 66.6 Å². The summed E-state index contributed by atoms with van der Waals surface area (Å²) in [6, 6.07) is 13.8. The average Bonchev–Trinajstić information content (AvgIpc) is 3.20. The van der Waals surface area contributed by atoms with E-state index in [9.17, 15) is 4.79 Å². The van der Waals surface area contributed by atoms with Crippen molar-refractivity contribution in [2.45, 2.75) is 6.54 Å². The molecule has 1 N–H and O–H groups in total. The molecule has 4 rings (SSSR count). The van der Waals surface area contributed by atoms with E-state index in [2.05, 4.69) is 36.6 Å². The monoisotopic (exact) mass is 393 g/mol. The third kappa shape index (κ3) is 4.58. The summed E-state index contributed by atoms with van der Waals surface area (Å²) in [6.45, 7) is 6.12. The number of carbonyl (C=O) groups excluding carboxylic acids is 1. The van der Waals surface area contributed by atoms with Gasteiger partial charge in [-0.15, -0.1) is 0 Å². The zero-order valence-corrected chi connectivity index (χ0v) is 16.8. The second-order valence-corrected chi connectivity index (χ2v) is 7.23. The van der Waals surface area contributed by atoms with Gasteiger partial charge in [-0.25, -0.2) is 0 Å². The number of piperazine rings is 1. The number of anilines is 1. The lowest BCUT2D eigenvalue weighted by Crippen LogP contribution is -2.47. The summed E-state index contributed by atoms with van der Waals surface area (Å²) in [5.41, 5.74) is 2.57. The molecule has 4 heterocycles. The number of hydrogen-bond donors (Lipinski definition) is 1. The van der Waals surface area contributed by atoms with Crippen molar-refractivity contribution in [3.8, 4) is 0 Å². The standard InChI is InChI=1S/C22H27N5O2/c1-29-15-14-25-10-12-26(13-11-25)21-8-7-20-6-5-18(17-27(20)21)22(28)24-16-19-4-2-3-9-23-19/h2-9,17H,10-16H2,1H3,(H,24,28). The first-order valence-electron chi connectivity index (χ1n) is 10.00. The Kier molecular flexibility index (Phi) is 6.07. The number of methoxy groups -OCH3 is 1. The van der Waals surface area contributed by atoms with Crippen LogP contribution >= 0.6 is 0 Å². The molecule has 7 nitrogen and oxygen atoms in total. The van der Waals surface area contributed by atoms with Gasteiger partial charge in [-0.05, 0) is 36.4 Å². The second-order valence-electron chi connectivity index (χ2n) is 7.23. The first-order chi connectivity index (χ1) is 14.2. The van der Waals surface area contributed by atoms with Crippen molar-refractivity contribution >= 4 is 17.2 Å². The highest BCUT2D eigenvalue weighted by atomic mass is 16.5. The Balaban J connectivity index is 1.44. The fourth-order valence-corrected chi connectivity index (χ4v) is 3.68. The summed E-state index contributed by atoms with van der Waals surface area (Å²) in [6.07, 6.45) is 3.66. The van der Waals surface area contributed by atoms with Crippen molar-refractivity contribution in [2.75, 3.05) is 51.3 Å². The van der Waals surface area contributed by atoms with E-state index in [-0.39, 0.29) is 5.91 Å². The molecule has 1 saturated heterocycles. The number of pyridine rings is 2. The molecule has 0 saturated carbocycles.